The van der Waals surface area contributed by atoms with Gasteiger partial charge in [-0.15, -0.1) is 0 Å². The summed E-state index contributed by atoms with van der Waals surface area (Å²) in [7, 11) is 0. The van der Waals surface area contributed by atoms with E-state index in [0.29, 0.717) is 6.04 Å². The minimum Gasteiger partial charge on any atom is -0.369 e. The molecule has 0 aromatic heterocycles. The Balaban J connectivity index is 1.99. The zero-order valence-corrected chi connectivity index (χ0v) is 11.8. The van der Waals surface area contributed by atoms with Crippen LogP contribution in [0.15, 0.2) is 29.3 Å². The monoisotopic (exact) mass is 261 g/mol. The molecule has 1 aliphatic rings. The van der Waals surface area contributed by atoms with E-state index in [1.54, 1.807) is 0 Å². The Morgan fingerprint density at radius 2 is 1.72 bits per heavy atom. The number of aliphatic imine (C=N–C) groups is 1. The van der Waals surface area contributed by atoms with E-state index in [9.17, 15) is 0 Å². The molecule has 1 aliphatic heterocycles. The highest BCUT2D eigenvalue weighted by Crippen LogP contribution is 2.21. The van der Waals surface area contributed by atoms with Crippen molar-refractivity contribution < 1.29 is 0 Å². The zero-order chi connectivity index (χ0) is 13.0. The van der Waals surface area contributed by atoms with Gasteiger partial charge in [-0.1, -0.05) is 0 Å². The fraction of sp³-hybridized carbons (Fsp3) is 0.500. The van der Waals surface area contributed by atoms with Crippen LogP contribution in [0, 0.1) is 0 Å². The third-order valence-electron chi connectivity index (χ3n) is 3.43. The number of thiocarbonyl (C=S) groups is 1. The van der Waals surface area contributed by atoms with Gasteiger partial charge in [-0.05, 0) is 50.3 Å². The van der Waals surface area contributed by atoms with Gasteiger partial charge in [-0.25, -0.2) is 0 Å². The first-order chi connectivity index (χ1) is 8.70. The largest absolute Gasteiger partial charge is 0.369 e. The maximum absolute atomic E-state index is 4.60. The summed E-state index contributed by atoms with van der Waals surface area (Å²) in [5.41, 5.74) is 2.14. The lowest BCUT2D eigenvalue weighted by atomic mass is 10.2. The molecule has 0 aliphatic carbocycles. The predicted octanol–water partition coefficient (Wildman–Crippen LogP) is 2.95. The summed E-state index contributed by atoms with van der Waals surface area (Å²) in [5.74, 6) is 0. The lowest BCUT2D eigenvalue weighted by Gasteiger charge is -2.38. The Hall–Kier alpha value is -1.22. The fourth-order valence-electron chi connectivity index (χ4n) is 2.29. The molecule has 1 saturated heterocycles. The standard InChI is InChI=1S/C14H19N3S/c1-12(2)16-7-9-17(10-8-16)14-5-3-13(4-6-14)15-11-18/h3-6,12H,7-10H2,1-2H3. The second kappa shape index (κ2) is 6.10. The van der Waals surface area contributed by atoms with E-state index in [0.717, 1.165) is 31.9 Å². The van der Waals surface area contributed by atoms with E-state index in [-0.39, 0.29) is 0 Å². The first-order valence-electron chi connectivity index (χ1n) is 6.37. The van der Waals surface area contributed by atoms with Crippen molar-refractivity contribution in [1.82, 2.24) is 4.90 Å². The summed E-state index contributed by atoms with van der Waals surface area (Å²) in [6.07, 6.45) is 0. The quantitative estimate of drug-likeness (QED) is 0.616. The third-order valence-corrected chi connectivity index (χ3v) is 3.53. The van der Waals surface area contributed by atoms with Crippen molar-refractivity contribution in [3.8, 4) is 0 Å². The number of nitrogens with zero attached hydrogens (tertiary/aromatic N) is 3. The van der Waals surface area contributed by atoms with Gasteiger partial charge in [-0.3, -0.25) is 4.90 Å². The Labute approximate surface area is 114 Å². The Bertz CT molecular complexity index is 427. The Morgan fingerprint density at radius 3 is 2.22 bits per heavy atom. The average molecular weight is 261 g/mol. The summed E-state index contributed by atoms with van der Waals surface area (Å²) in [6.45, 7) is 8.97. The molecule has 0 amide bonds. The van der Waals surface area contributed by atoms with Gasteiger partial charge in [0.05, 0.1) is 10.8 Å². The lowest BCUT2D eigenvalue weighted by Crippen LogP contribution is -2.48. The van der Waals surface area contributed by atoms with E-state index in [2.05, 4.69) is 58.2 Å². The van der Waals surface area contributed by atoms with Gasteiger partial charge in [0.25, 0.3) is 0 Å². The van der Waals surface area contributed by atoms with Crippen LogP contribution in [0.2, 0.25) is 0 Å². The van der Waals surface area contributed by atoms with Gasteiger partial charge in [-0.2, -0.15) is 4.99 Å². The molecule has 0 N–H and O–H groups in total. The molecular formula is C14H19N3S. The second-order valence-electron chi connectivity index (χ2n) is 4.84. The lowest BCUT2D eigenvalue weighted by molar-refractivity contribution is 0.209. The van der Waals surface area contributed by atoms with Crippen molar-refractivity contribution in [1.29, 1.82) is 0 Å². The molecule has 0 saturated carbocycles. The van der Waals surface area contributed by atoms with Crippen LogP contribution in [0.1, 0.15) is 13.8 Å². The number of benzene rings is 1. The summed E-state index contributed by atoms with van der Waals surface area (Å²) < 4.78 is 0. The molecule has 1 heterocycles. The summed E-state index contributed by atoms with van der Waals surface area (Å²) in [4.78, 5) is 8.90. The molecule has 18 heavy (non-hydrogen) atoms. The summed E-state index contributed by atoms with van der Waals surface area (Å²) in [6, 6.07) is 8.84. The molecule has 3 nitrogen and oxygen atoms in total. The van der Waals surface area contributed by atoms with Crippen LogP contribution in [0.5, 0.6) is 0 Å². The smallest absolute Gasteiger partial charge is 0.0741 e. The first kappa shape index (κ1) is 13.2. The molecule has 0 bridgehead atoms. The Morgan fingerprint density at radius 1 is 1.11 bits per heavy atom. The molecule has 0 radical (unpaired) electrons. The zero-order valence-electron chi connectivity index (χ0n) is 11.0. The highest BCUT2D eigenvalue weighted by molar-refractivity contribution is 7.78. The van der Waals surface area contributed by atoms with Crippen LogP contribution >= 0.6 is 12.2 Å². The third kappa shape index (κ3) is 3.16. The molecule has 1 aromatic rings. The van der Waals surface area contributed by atoms with Crippen molar-refractivity contribution >= 4 is 28.8 Å². The van der Waals surface area contributed by atoms with Gasteiger partial charge < -0.3 is 4.90 Å². The van der Waals surface area contributed by atoms with Gasteiger partial charge in [0.1, 0.15) is 0 Å². The van der Waals surface area contributed by atoms with Crippen LogP contribution in [0.25, 0.3) is 0 Å². The number of hydrogen-bond acceptors (Lipinski definition) is 4. The summed E-state index contributed by atoms with van der Waals surface area (Å²) in [5, 5.41) is 2.39. The number of rotatable bonds is 3. The van der Waals surface area contributed by atoms with Crippen molar-refractivity contribution in [2.24, 2.45) is 4.99 Å². The highest BCUT2D eigenvalue weighted by atomic mass is 32.1. The van der Waals surface area contributed by atoms with Crippen LogP contribution in [0.3, 0.4) is 0 Å². The maximum atomic E-state index is 4.60. The minimum absolute atomic E-state index is 0.645. The van der Waals surface area contributed by atoms with E-state index >= 15 is 0 Å². The van der Waals surface area contributed by atoms with E-state index in [1.807, 2.05) is 12.1 Å². The molecule has 4 heteroatoms. The van der Waals surface area contributed by atoms with Crippen molar-refractivity contribution in [2.45, 2.75) is 19.9 Å². The number of isothiocyanates is 1. The van der Waals surface area contributed by atoms with Gasteiger partial charge in [0.15, 0.2) is 0 Å². The van der Waals surface area contributed by atoms with Gasteiger partial charge in [0, 0.05) is 37.9 Å². The van der Waals surface area contributed by atoms with Crippen LogP contribution in [-0.2, 0) is 0 Å². The second-order valence-corrected chi connectivity index (χ2v) is 5.02. The fourth-order valence-corrected chi connectivity index (χ4v) is 2.39. The average Bonchev–Trinajstić information content (AvgIpc) is 2.40. The van der Waals surface area contributed by atoms with E-state index < -0.39 is 0 Å². The molecule has 0 unspecified atom stereocenters. The maximum Gasteiger partial charge on any atom is 0.0741 e. The topological polar surface area (TPSA) is 18.8 Å². The van der Waals surface area contributed by atoms with E-state index in [4.69, 9.17) is 0 Å². The number of hydrogen-bond donors (Lipinski definition) is 0. The molecule has 96 valence electrons. The first-order valence-corrected chi connectivity index (χ1v) is 6.78. The molecule has 0 atom stereocenters. The van der Waals surface area contributed by atoms with Crippen LogP contribution in [0.4, 0.5) is 11.4 Å². The number of anilines is 1. The molecular weight excluding hydrogens is 242 g/mol. The van der Waals surface area contributed by atoms with Crippen molar-refractivity contribution in [2.75, 3.05) is 31.1 Å². The normalized spacial score (nSPS) is 16.7. The van der Waals surface area contributed by atoms with Crippen LogP contribution < -0.4 is 4.90 Å². The van der Waals surface area contributed by atoms with Gasteiger partial charge in [0.2, 0.25) is 0 Å². The van der Waals surface area contributed by atoms with Crippen molar-refractivity contribution in [3.63, 3.8) is 0 Å². The van der Waals surface area contributed by atoms with Gasteiger partial charge >= 0.3 is 0 Å². The predicted molar refractivity (Wildman–Crippen MR) is 80.1 cm³/mol. The minimum atomic E-state index is 0.645. The van der Waals surface area contributed by atoms with Crippen LogP contribution in [-0.4, -0.2) is 42.3 Å². The van der Waals surface area contributed by atoms with Crippen molar-refractivity contribution in [3.05, 3.63) is 24.3 Å². The SMILES string of the molecule is CC(C)N1CCN(c2ccc(N=C=S)cc2)CC1. The number of piperazine rings is 1. The molecule has 1 fully saturated rings. The molecule has 1 aromatic carbocycles. The summed E-state index contributed by atoms with van der Waals surface area (Å²) >= 11 is 4.60. The molecule has 0 spiro atoms. The molecule has 2 rings (SSSR count). The van der Waals surface area contributed by atoms with E-state index in [1.165, 1.54) is 5.69 Å². The highest BCUT2D eigenvalue weighted by Gasteiger charge is 2.18. The Kier molecular flexibility index (Phi) is 4.48.